The van der Waals surface area contributed by atoms with E-state index in [1.165, 1.54) is 14.2 Å². The summed E-state index contributed by atoms with van der Waals surface area (Å²) in [5.41, 5.74) is 1.59. The molecular formula is C42H52N4O8. The number of piperidine rings is 1. The second-order valence-corrected chi connectivity index (χ2v) is 14.1. The van der Waals surface area contributed by atoms with Gasteiger partial charge >= 0.3 is 12.1 Å². The van der Waals surface area contributed by atoms with Crippen LogP contribution < -0.4 is 20.7 Å². The molecule has 0 saturated carbocycles. The van der Waals surface area contributed by atoms with E-state index >= 15 is 0 Å². The van der Waals surface area contributed by atoms with Crippen LogP contribution in [0.1, 0.15) is 91.8 Å². The van der Waals surface area contributed by atoms with Gasteiger partial charge in [0.1, 0.15) is 11.8 Å². The van der Waals surface area contributed by atoms with Crippen LogP contribution in [0.2, 0.25) is 0 Å². The third-order valence-corrected chi connectivity index (χ3v) is 10.4. The van der Waals surface area contributed by atoms with Crippen molar-refractivity contribution in [2.75, 3.05) is 33.9 Å². The number of rotatable bonds is 14. The van der Waals surface area contributed by atoms with Gasteiger partial charge in [-0.25, -0.2) is 9.59 Å². The summed E-state index contributed by atoms with van der Waals surface area (Å²) in [5.74, 6) is -1.06. The Morgan fingerprint density at radius 1 is 0.852 bits per heavy atom. The molecule has 12 heteroatoms. The molecule has 4 amide bonds. The molecule has 12 nitrogen and oxygen atoms in total. The minimum absolute atomic E-state index is 0.00246. The van der Waals surface area contributed by atoms with Gasteiger partial charge in [-0.1, -0.05) is 66.7 Å². The topological polar surface area (TPSA) is 152 Å². The first-order valence-corrected chi connectivity index (χ1v) is 18.8. The summed E-state index contributed by atoms with van der Waals surface area (Å²) in [4.78, 5) is 68.7. The number of hydrogen-bond acceptors (Lipinski definition) is 8. The van der Waals surface area contributed by atoms with Crippen molar-refractivity contribution in [2.45, 2.75) is 88.3 Å². The maximum Gasteiger partial charge on any atom is 0.407 e. The van der Waals surface area contributed by atoms with Gasteiger partial charge < -0.3 is 35.1 Å². The molecule has 1 heterocycles. The van der Waals surface area contributed by atoms with Gasteiger partial charge in [0.25, 0.3) is 5.91 Å². The quantitative estimate of drug-likeness (QED) is 0.150. The number of alkyl carbamates (subject to hydrolysis) is 1. The lowest BCUT2D eigenvalue weighted by molar-refractivity contribution is -0.146. The van der Waals surface area contributed by atoms with Crippen LogP contribution in [0, 0.1) is 0 Å². The Morgan fingerprint density at radius 3 is 2.24 bits per heavy atom. The van der Waals surface area contributed by atoms with Gasteiger partial charge in [-0.3, -0.25) is 14.4 Å². The molecule has 5 rings (SSSR count). The highest BCUT2D eigenvalue weighted by atomic mass is 16.6. The number of nitrogens with one attached hydrogen (secondary N) is 3. The van der Waals surface area contributed by atoms with Gasteiger partial charge in [0, 0.05) is 25.7 Å². The zero-order chi connectivity index (χ0) is 38.7. The number of carbonyl (C=O) groups is 5. The number of nitrogens with zero attached hydrogens (tertiary/aromatic N) is 1. The predicted octanol–water partition coefficient (Wildman–Crippen LogP) is 5.24. The number of likely N-dealkylation sites (tertiary alicyclic amines) is 1. The highest BCUT2D eigenvalue weighted by Gasteiger charge is 2.49. The van der Waals surface area contributed by atoms with Crippen LogP contribution in [0.5, 0.6) is 5.75 Å². The molecule has 0 radical (unpaired) electrons. The summed E-state index contributed by atoms with van der Waals surface area (Å²) >= 11 is 0. The van der Waals surface area contributed by atoms with Crippen LogP contribution in [-0.2, 0) is 29.3 Å². The Balaban J connectivity index is 1.30. The average Bonchev–Trinajstić information content (AvgIpc) is 3.19. The van der Waals surface area contributed by atoms with E-state index in [1.54, 1.807) is 32.0 Å². The van der Waals surface area contributed by atoms with Gasteiger partial charge in [-0.05, 0) is 87.6 Å². The van der Waals surface area contributed by atoms with Crippen LogP contribution >= 0.6 is 0 Å². The van der Waals surface area contributed by atoms with E-state index in [0.717, 1.165) is 16.7 Å². The van der Waals surface area contributed by atoms with Crippen molar-refractivity contribution in [3.05, 3.63) is 101 Å². The number of esters is 1. The third kappa shape index (κ3) is 9.21. The van der Waals surface area contributed by atoms with Crippen molar-refractivity contribution in [1.29, 1.82) is 0 Å². The molecule has 54 heavy (non-hydrogen) atoms. The number of para-hydroxylation sites is 1. The summed E-state index contributed by atoms with van der Waals surface area (Å²) in [5, 5.41) is 8.84. The van der Waals surface area contributed by atoms with E-state index in [9.17, 15) is 24.0 Å². The number of ether oxygens (including phenoxy) is 3. The van der Waals surface area contributed by atoms with E-state index in [0.29, 0.717) is 75.9 Å². The molecule has 0 spiro atoms. The monoisotopic (exact) mass is 740 g/mol. The van der Waals surface area contributed by atoms with E-state index in [1.807, 2.05) is 65.6 Å². The van der Waals surface area contributed by atoms with E-state index in [-0.39, 0.29) is 29.9 Å². The van der Waals surface area contributed by atoms with E-state index in [2.05, 4.69) is 16.0 Å². The smallest absolute Gasteiger partial charge is 0.407 e. The van der Waals surface area contributed by atoms with Crippen LogP contribution in [0.4, 0.5) is 4.79 Å². The molecule has 0 unspecified atom stereocenters. The lowest BCUT2D eigenvalue weighted by Gasteiger charge is -2.43. The van der Waals surface area contributed by atoms with E-state index in [4.69, 9.17) is 14.2 Å². The number of benzene rings is 3. The molecule has 1 saturated heterocycles. The van der Waals surface area contributed by atoms with Gasteiger partial charge in [-0.2, -0.15) is 0 Å². The van der Waals surface area contributed by atoms with Crippen LogP contribution in [0.25, 0.3) is 0 Å². The molecular weight excluding hydrogens is 688 g/mol. The molecule has 0 aromatic heterocycles. The summed E-state index contributed by atoms with van der Waals surface area (Å²) < 4.78 is 15.6. The molecule has 3 aromatic carbocycles. The lowest BCUT2D eigenvalue weighted by Crippen LogP contribution is -2.54. The van der Waals surface area contributed by atoms with Crippen molar-refractivity contribution in [1.82, 2.24) is 20.9 Å². The summed E-state index contributed by atoms with van der Waals surface area (Å²) in [6, 6.07) is 23.2. The molecule has 3 aromatic rings. The van der Waals surface area contributed by atoms with Crippen molar-refractivity contribution in [3.8, 4) is 5.75 Å². The molecule has 1 aliphatic heterocycles. The summed E-state index contributed by atoms with van der Waals surface area (Å²) in [6.07, 6.45) is 2.67. The van der Waals surface area contributed by atoms with Crippen LogP contribution in [-0.4, -0.2) is 86.7 Å². The van der Waals surface area contributed by atoms with Crippen LogP contribution in [0.15, 0.2) is 78.9 Å². The fraction of sp³-hybridized carbons (Fsp3) is 0.452. The fourth-order valence-corrected chi connectivity index (χ4v) is 7.64. The van der Waals surface area contributed by atoms with Gasteiger partial charge in [0.2, 0.25) is 11.8 Å². The van der Waals surface area contributed by atoms with Gasteiger partial charge in [0.05, 0.1) is 37.2 Å². The predicted molar refractivity (Wildman–Crippen MR) is 203 cm³/mol. The molecule has 2 aliphatic rings. The van der Waals surface area contributed by atoms with E-state index < -0.39 is 29.4 Å². The van der Waals surface area contributed by atoms with Crippen LogP contribution in [0.3, 0.4) is 0 Å². The van der Waals surface area contributed by atoms with Crippen molar-refractivity contribution in [3.63, 3.8) is 0 Å². The van der Waals surface area contributed by atoms with Crippen molar-refractivity contribution in [2.24, 2.45) is 0 Å². The second-order valence-electron chi connectivity index (χ2n) is 14.1. The number of unbranched alkanes of at least 4 members (excludes halogenated alkanes) is 1. The molecule has 1 fully saturated rings. The first kappa shape index (κ1) is 39.8. The summed E-state index contributed by atoms with van der Waals surface area (Å²) in [6.45, 7) is 4.89. The van der Waals surface area contributed by atoms with Gasteiger partial charge in [-0.15, -0.1) is 0 Å². The fourth-order valence-electron chi connectivity index (χ4n) is 7.64. The zero-order valence-electron chi connectivity index (χ0n) is 31.6. The molecule has 1 aliphatic carbocycles. The minimum Gasteiger partial charge on any atom is -0.496 e. The number of methoxy groups -OCH3 is 2. The minimum atomic E-state index is -1.17. The SMILES string of the molecule is COC(=O)[C@@H](CCCCNC(=O)OC(C)C)NC(=O)[C@@]1(c2ccccc2)CC[C@H](C(=O)N2CCC(NC(=O)c3ccccc3OC)CC2)c2ccccc21. The zero-order valence-corrected chi connectivity index (χ0v) is 31.6. The maximum absolute atomic E-state index is 14.7. The Labute approximate surface area is 317 Å². The Kier molecular flexibility index (Phi) is 13.7. The number of fused-ring (bicyclic) bond motifs is 1. The first-order chi connectivity index (χ1) is 26.1. The van der Waals surface area contributed by atoms with Crippen molar-refractivity contribution < 1.29 is 38.2 Å². The Bertz CT molecular complexity index is 1770. The molecule has 3 atom stereocenters. The maximum atomic E-state index is 14.7. The first-order valence-electron chi connectivity index (χ1n) is 18.8. The lowest BCUT2D eigenvalue weighted by atomic mass is 9.62. The number of carbonyl (C=O) groups excluding carboxylic acids is 5. The molecule has 288 valence electrons. The Hall–Kier alpha value is -5.39. The number of hydrogen-bond donors (Lipinski definition) is 3. The summed E-state index contributed by atoms with van der Waals surface area (Å²) in [7, 11) is 2.83. The molecule has 0 bridgehead atoms. The standard InChI is InChI=1S/C42H52N4O8/c1-28(2)54-41(51)43-25-13-12-19-35(39(49)53-4)45-40(50)42(29-14-6-5-7-15-29)24-21-32(31-16-8-10-18-34(31)42)38(48)46-26-22-30(23-27-46)44-37(47)33-17-9-11-20-36(33)52-3/h5-11,14-18,20,28,30,32,35H,12-13,19,21-27H2,1-4H3,(H,43,51)(H,44,47)(H,45,50)/t32-,35+,42+/m0/s1. The highest BCUT2D eigenvalue weighted by molar-refractivity contribution is 5.98. The highest BCUT2D eigenvalue weighted by Crippen LogP contribution is 2.48. The third-order valence-electron chi connectivity index (χ3n) is 10.4. The largest absolute Gasteiger partial charge is 0.496 e. The Morgan fingerprint density at radius 2 is 1.54 bits per heavy atom. The van der Waals surface area contributed by atoms with Crippen molar-refractivity contribution >= 4 is 29.8 Å². The molecule has 3 N–H and O–H groups in total. The average molecular weight is 741 g/mol. The van der Waals surface area contributed by atoms with Gasteiger partial charge in [0.15, 0.2) is 0 Å². The normalized spacial score (nSPS) is 18.8. The second kappa shape index (κ2) is 18.6. The number of amides is 4.